The van der Waals surface area contributed by atoms with Crippen molar-refractivity contribution in [3.8, 4) is 0 Å². The molecule has 15 heavy (non-hydrogen) atoms. The molecule has 0 aromatic carbocycles. The quantitative estimate of drug-likeness (QED) is 0.498. The lowest BCUT2D eigenvalue weighted by atomic mass is 10.1. The van der Waals surface area contributed by atoms with Gasteiger partial charge in [-0.05, 0) is 32.9 Å². The Morgan fingerprint density at radius 2 is 2.07 bits per heavy atom. The van der Waals surface area contributed by atoms with Crippen molar-refractivity contribution in [1.82, 2.24) is 10.3 Å². The number of pyridine rings is 1. The van der Waals surface area contributed by atoms with Gasteiger partial charge in [-0.25, -0.2) is 10.8 Å². The van der Waals surface area contributed by atoms with Gasteiger partial charge in [-0.3, -0.25) is 4.79 Å². The number of nitrogens with zero attached hydrogens (tertiary/aromatic N) is 1. The summed E-state index contributed by atoms with van der Waals surface area (Å²) in [5.74, 6) is 5.55. The fourth-order valence-electron chi connectivity index (χ4n) is 1.03. The minimum absolute atomic E-state index is 0.140. The molecule has 0 saturated heterocycles. The lowest BCUT2D eigenvalue weighted by Gasteiger charge is -2.20. The first kappa shape index (κ1) is 11.5. The Kier molecular flexibility index (Phi) is 3.26. The Morgan fingerprint density at radius 1 is 1.40 bits per heavy atom. The molecule has 0 aliphatic heterocycles. The van der Waals surface area contributed by atoms with Crippen LogP contribution >= 0.6 is 0 Å². The van der Waals surface area contributed by atoms with Gasteiger partial charge in [0, 0.05) is 11.7 Å². The number of carbonyl (C=O) groups is 1. The van der Waals surface area contributed by atoms with Crippen LogP contribution in [0.3, 0.4) is 0 Å². The summed E-state index contributed by atoms with van der Waals surface area (Å²) in [5.41, 5.74) is 2.67. The third-order valence-corrected chi connectivity index (χ3v) is 1.66. The number of nitrogens with two attached hydrogens (primary N) is 1. The zero-order chi connectivity index (χ0) is 11.5. The smallest absolute Gasteiger partial charge is 0.253 e. The third kappa shape index (κ3) is 3.55. The highest BCUT2D eigenvalue weighted by atomic mass is 16.1. The summed E-state index contributed by atoms with van der Waals surface area (Å²) in [6.07, 6.45) is 1.48. The molecule has 5 heteroatoms. The Bertz CT molecular complexity index is 339. The molecule has 1 amide bonds. The van der Waals surface area contributed by atoms with Crippen LogP contribution in [0.4, 0.5) is 5.82 Å². The fourth-order valence-corrected chi connectivity index (χ4v) is 1.03. The van der Waals surface area contributed by atoms with E-state index in [-0.39, 0.29) is 11.4 Å². The van der Waals surface area contributed by atoms with Crippen molar-refractivity contribution in [2.75, 3.05) is 5.43 Å². The molecule has 5 nitrogen and oxygen atoms in total. The summed E-state index contributed by atoms with van der Waals surface area (Å²) in [4.78, 5) is 15.6. The molecule has 1 aromatic heterocycles. The number of rotatable bonds is 2. The SMILES string of the molecule is CC(C)(C)NC(=O)c1ccc(NN)nc1. The van der Waals surface area contributed by atoms with Crippen LogP contribution in [0.15, 0.2) is 18.3 Å². The number of carbonyl (C=O) groups excluding carboxylic acids is 1. The Hall–Kier alpha value is -1.62. The Balaban J connectivity index is 2.75. The lowest BCUT2D eigenvalue weighted by Crippen LogP contribution is -2.40. The van der Waals surface area contributed by atoms with Crippen LogP contribution in [-0.2, 0) is 0 Å². The van der Waals surface area contributed by atoms with Gasteiger partial charge in [0.05, 0.1) is 5.56 Å². The summed E-state index contributed by atoms with van der Waals surface area (Å²) < 4.78 is 0. The molecule has 1 heterocycles. The van der Waals surface area contributed by atoms with E-state index >= 15 is 0 Å². The van der Waals surface area contributed by atoms with Crippen LogP contribution in [0, 0.1) is 0 Å². The van der Waals surface area contributed by atoms with Crippen molar-refractivity contribution >= 4 is 11.7 Å². The van der Waals surface area contributed by atoms with Crippen molar-refractivity contribution in [2.45, 2.75) is 26.3 Å². The first-order chi connectivity index (χ1) is 6.92. The molecule has 0 aliphatic carbocycles. The molecule has 0 fully saturated rings. The van der Waals surface area contributed by atoms with E-state index in [2.05, 4.69) is 15.7 Å². The van der Waals surface area contributed by atoms with Crippen molar-refractivity contribution < 1.29 is 4.79 Å². The van der Waals surface area contributed by atoms with Gasteiger partial charge in [0.15, 0.2) is 0 Å². The zero-order valence-corrected chi connectivity index (χ0v) is 9.16. The monoisotopic (exact) mass is 208 g/mol. The van der Waals surface area contributed by atoms with Crippen molar-refractivity contribution in [3.63, 3.8) is 0 Å². The number of aromatic nitrogens is 1. The number of nitrogen functional groups attached to an aromatic ring is 1. The second kappa shape index (κ2) is 4.27. The molecule has 1 aromatic rings. The average molecular weight is 208 g/mol. The van der Waals surface area contributed by atoms with E-state index < -0.39 is 0 Å². The van der Waals surface area contributed by atoms with Crippen LogP contribution in [0.5, 0.6) is 0 Å². The van der Waals surface area contributed by atoms with Gasteiger partial charge in [0.1, 0.15) is 5.82 Å². The molecule has 0 bridgehead atoms. The highest BCUT2D eigenvalue weighted by Gasteiger charge is 2.15. The Labute approximate surface area is 89.0 Å². The number of anilines is 1. The van der Waals surface area contributed by atoms with Crippen LogP contribution in [0.25, 0.3) is 0 Å². The summed E-state index contributed by atoms with van der Waals surface area (Å²) >= 11 is 0. The predicted octanol–water partition coefficient (Wildman–Crippen LogP) is 0.895. The molecule has 0 saturated carbocycles. The summed E-state index contributed by atoms with van der Waals surface area (Å²) in [7, 11) is 0. The molecule has 0 atom stereocenters. The van der Waals surface area contributed by atoms with Gasteiger partial charge in [0.2, 0.25) is 0 Å². The molecule has 4 N–H and O–H groups in total. The molecule has 0 unspecified atom stereocenters. The van der Waals surface area contributed by atoms with Crippen molar-refractivity contribution in [3.05, 3.63) is 23.9 Å². The van der Waals surface area contributed by atoms with Crippen molar-refractivity contribution in [2.24, 2.45) is 5.84 Å². The molecular formula is C10H16N4O. The topological polar surface area (TPSA) is 80.0 Å². The van der Waals surface area contributed by atoms with Gasteiger partial charge < -0.3 is 10.7 Å². The average Bonchev–Trinajstić information content (AvgIpc) is 2.15. The third-order valence-electron chi connectivity index (χ3n) is 1.66. The van der Waals surface area contributed by atoms with E-state index in [0.29, 0.717) is 11.4 Å². The molecule has 1 rings (SSSR count). The number of hydrogen-bond acceptors (Lipinski definition) is 4. The first-order valence-corrected chi connectivity index (χ1v) is 4.67. The second-order valence-corrected chi connectivity index (χ2v) is 4.28. The van der Waals surface area contributed by atoms with E-state index in [0.717, 1.165) is 0 Å². The van der Waals surface area contributed by atoms with Gasteiger partial charge >= 0.3 is 0 Å². The van der Waals surface area contributed by atoms with Crippen LogP contribution in [0.1, 0.15) is 31.1 Å². The van der Waals surface area contributed by atoms with Crippen LogP contribution in [0.2, 0.25) is 0 Å². The van der Waals surface area contributed by atoms with E-state index in [9.17, 15) is 4.79 Å². The van der Waals surface area contributed by atoms with E-state index in [1.165, 1.54) is 6.20 Å². The maximum atomic E-state index is 11.7. The first-order valence-electron chi connectivity index (χ1n) is 4.67. The highest BCUT2D eigenvalue weighted by molar-refractivity contribution is 5.94. The molecule has 0 aliphatic rings. The number of amides is 1. The van der Waals surface area contributed by atoms with E-state index in [4.69, 9.17) is 5.84 Å². The lowest BCUT2D eigenvalue weighted by molar-refractivity contribution is 0.0919. The standard InChI is InChI=1S/C10H16N4O/c1-10(2,3)13-9(15)7-4-5-8(14-11)12-6-7/h4-6H,11H2,1-3H3,(H,12,14)(H,13,15). The minimum atomic E-state index is -0.248. The van der Waals surface area contributed by atoms with Gasteiger partial charge in [-0.15, -0.1) is 0 Å². The van der Waals surface area contributed by atoms with E-state index in [1.807, 2.05) is 20.8 Å². The fraction of sp³-hybridized carbons (Fsp3) is 0.400. The van der Waals surface area contributed by atoms with Gasteiger partial charge in [-0.1, -0.05) is 0 Å². The molecule has 82 valence electrons. The maximum Gasteiger partial charge on any atom is 0.253 e. The Morgan fingerprint density at radius 3 is 2.47 bits per heavy atom. The number of nitrogens with one attached hydrogen (secondary N) is 2. The summed E-state index contributed by atoms with van der Waals surface area (Å²) in [6, 6.07) is 3.32. The van der Waals surface area contributed by atoms with Crippen LogP contribution in [-0.4, -0.2) is 16.4 Å². The molecule has 0 spiro atoms. The largest absolute Gasteiger partial charge is 0.347 e. The zero-order valence-electron chi connectivity index (χ0n) is 9.16. The predicted molar refractivity (Wildman–Crippen MR) is 59.3 cm³/mol. The summed E-state index contributed by atoms with van der Waals surface area (Å²) in [6.45, 7) is 5.77. The number of hydrazine groups is 1. The minimum Gasteiger partial charge on any atom is -0.347 e. The number of hydrogen-bond donors (Lipinski definition) is 3. The maximum absolute atomic E-state index is 11.7. The molecule has 0 radical (unpaired) electrons. The van der Waals surface area contributed by atoms with E-state index in [1.54, 1.807) is 12.1 Å². The second-order valence-electron chi connectivity index (χ2n) is 4.28. The molecular weight excluding hydrogens is 192 g/mol. The van der Waals surface area contributed by atoms with Gasteiger partial charge in [0.25, 0.3) is 5.91 Å². The van der Waals surface area contributed by atoms with Crippen LogP contribution < -0.4 is 16.6 Å². The normalized spacial score (nSPS) is 10.9. The summed E-state index contributed by atoms with van der Waals surface area (Å²) in [5, 5.41) is 2.84. The van der Waals surface area contributed by atoms with Crippen molar-refractivity contribution in [1.29, 1.82) is 0 Å². The van der Waals surface area contributed by atoms with Gasteiger partial charge in [-0.2, -0.15) is 0 Å². The highest BCUT2D eigenvalue weighted by Crippen LogP contribution is 2.06.